The van der Waals surface area contributed by atoms with Gasteiger partial charge in [0.25, 0.3) is 0 Å². The highest BCUT2D eigenvalue weighted by molar-refractivity contribution is 8.00. The molecule has 0 spiro atoms. The van der Waals surface area contributed by atoms with Crippen LogP contribution in [0, 0.1) is 0 Å². The van der Waals surface area contributed by atoms with Crippen LogP contribution in [0.4, 0.5) is 0 Å². The number of carboxylic acid groups (broad SMARTS) is 1. The summed E-state index contributed by atoms with van der Waals surface area (Å²) in [5.41, 5.74) is 0. The van der Waals surface area contributed by atoms with E-state index in [1.165, 1.54) is 39.8 Å². The van der Waals surface area contributed by atoms with Crippen molar-refractivity contribution in [1.29, 1.82) is 0 Å². The largest absolute Gasteiger partial charge is 0.480 e. The number of hydrogen-bond donors (Lipinski definition) is 1. The number of carbonyl (C=O) groups is 2. The molecule has 0 saturated carbocycles. The third kappa shape index (κ3) is 3.84. The summed E-state index contributed by atoms with van der Waals surface area (Å²) in [6.45, 7) is 1.87. The van der Waals surface area contributed by atoms with Gasteiger partial charge in [0.2, 0.25) is 5.91 Å². The Kier molecular flexibility index (Phi) is 5.65. The maximum Gasteiger partial charge on any atom is 0.327 e. The predicted molar refractivity (Wildman–Crippen MR) is 85.7 cm³/mol. The first-order valence-electron chi connectivity index (χ1n) is 5.96. The summed E-state index contributed by atoms with van der Waals surface area (Å²) >= 11 is 10.3. The summed E-state index contributed by atoms with van der Waals surface area (Å²) in [7, 11) is 0. The Hall–Kier alpha value is -0.370. The van der Waals surface area contributed by atoms with E-state index in [1.54, 1.807) is 0 Å². The van der Waals surface area contributed by atoms with Crippen molar-refractivity contribution in [2.75, 3.05) is 11.5 Å². The van der Waals surface area contributed by atoms with E-state index in [-0.39, 0.29) is 11.3 Å². The van der Waals surface area contributed by atoms with Crippen molar-refractivity contribution in [2.45, 2.75) is 24.1 Å². The Morgan fingerprint density at radius 3 is 2.90 bits per heavy atom. The smallest absolute Gasteiger partial charge is 0.327 e. The first-order chi connectivity index (χ1) is 9.49. The van der Waals surface area contributed by atoms with E-state index >= 15 is 0 Å². The lowest BCUT2D eigenvalue weighted by Crippen LogP contribution is -2.45. The number of aliphatic carboxylic acids is 1. The third-order valence-corrected chi connectivity index (χ3v) is 6.49. The van der Waals surface area contributed by atoms with Crippen LogP contribution in [0.15, 0.2) is 12.1 Å². The number of amides is 1. The second-order valence-corrected chi connectivity index (χ2v) is 8.42. The van der Waals surface area contributed by atoms with Crippen LogP contribution in [0.2, 0.25) is 4.34 Å². The van der Waals surface area contributed by atoms with Gasteiger partial charge in [-0.3, -0.25) is 4.79 Å². The third-order valence-electron chi connectivity index (χ3n) is 2.89. The Morgan fingerprint density at radius 1 is 1.55 bits per heavy atom. The summed E-state index contributed by atoms with van der Waals surface area (Å²) < 4.78 is 0.738. The molecule has 1 aromatic heterocycles. The minimum Gasteiger partial charge on any atom is -0.480 e. The molecule has 1 fully saturated rings. The monoisotopic (exact) mass is 351 g/mol. The molecule has 1 aromatic rings. The standard InChI is InChI=1S/C12H14ClNO3S3/c1-7-14(9(5-19-7)12(16)17)11(15)6-18-4-8-2-3-10(13)20-8/h2-3,7,9H,4-6H2,1H3,(H,16,17). The predicted octanol–water partition coefficient (Wildman–Crippen LogP) is 3.01. The molecule has 0 radical (unpaired) electrons. The summed E-state index contributed by atoms with van der Waals surface area (Å²) in [6, 6.07) is 3.09. The van der Waals surface area contributed by atoms with Gasteiger partial charge in [-0.1, -0.05) is 11.6 Å². The Bertz CT molecular complexity index is 508. The van der Waals surface area contributed by atoms with Crippen LogP contribution in [-0.4, -0.2) is 44.8 Å². The summed E-state index contributed by atoms with van der Waals surface area (Å²) in [6.07, 6.45) is 0. The van der Waals surface area contributed by atoms with Crippen molar-refractivity contribution >= 4 is 58.3 Å². The highest BCUT2D eigenvalue weighted by Crippen LogP contribution is 2.30. The van der Waals surface area contributed by atoms with E-state index < -0.39 is 12.0 Å². The molecule has 1 aliphatic rings. The zero-order valence-corrected chi connectivity index (χ0v) is 13.9. The molecule has 2 heterocycles. The SMILES string of the molecule is CC1SCC(C(=O)O)N1C(=O)CSCc1ccc(Cl)s1. The number of rotatable bonds is 5. The highest BCUT2D eigenvalue weighted by atomic mass is 35.5. The molecule has 1 amide bonds. The van der Waals surface area contributed by atoms with Gasteiger partial charge in [-0.15, -0.1) is 34.9 Å². The first kappa shape index (κ1) is 16.0. The molecule has 8 heteroatoms. The lowest BCUT2D eigenvalue weighted by Gasteiger charge is -2.24. The Balaban J connectivity index is 1.86. The number of thiophene rings is 1. The lowest BCUT2D eigenvalue weighted by atomic mass is 10.3. The number of thioether (sulfide) groups is 2. The van der Waals surface area contributed by atoms with Crippen molar-refractivity contribution < 1.29 is 14.7 Å². The van der Waals surface area contributed by atoms with Gasteiger partial charge in [0, 0.05) is 16.4 Å². The van der Waals surface area contributed by atoms with E-state index in [9.17, 15) is 9.59 Å². The molecule has 1 saturated heterocycles. The van der Waals surface area contributed by atoms with E-state index in [0.717, 1.165) is 15.0 Å². The van der Waals surface area contributed by atoms with Crippen molar-refractivity contribution in [2.24, 2.45) is 0 Å². The van der Waals surface area contributed by atoms with Crippen molar-refractivity contribution in [3.63, 3.8) is 0 Å². The fraction of sp³-hybridized carbons (Fsp3) is 0.500. The molecule has 1 aliphatic heterocycles. The van der Waals surface area contributed by atoms with Crippen molar-refractivity contribution in [1.82, 2.24) is 4.90 Å². The van der Waals surface area contributed by atoms with Gasteiger partial charge in [-0.25, -0.2) is 4.79 Å². The van der Waals surface area contributed by atoms with E-state index in [0.29, 0.717) is 11.5 Å². The second-order valence-electron chi connectivity index (χ2n) is 4.29. The zero-order valence-electron chi connectivity index (χ0n) is 10.7. The number of nitrogens with zero attached hydrogens (tertiary/aromatic N) is 1. The van der Waals surface area contributed by atoms with Gasteiger partial charge in [0.05, 0.1) is 15.5 Å². The van der Waals surface area contributed by atoms with Crippen LogP contribution in [0.3, 0.4) is 0 Å². The van der Waals surface area contributed by atoms with Crippen LogP contribution in [0.25, 0.3) is 0 Å². The topological polar surface area (TPSA) is 57.6 Å². The van der Waals surface area contributed by atoms with Gasteiger partial charge >= 0.3 is 5.97 Å². The maximum absolute atomic E-state index is 12.2. The van der Waals surface area contributed by atoms with Gasteiger partial charge in [0.1, 0.15) is 6.04 Å². The molecule has 20 heavy (non-hydrogen) atoms. The van der Waals surface area contributed by atoms with Crippen LogP contribution < -0.4 is 0 Å². The fourth-order valence-electron chi connectivity index (χ4n) is 1.95. The van der Waals surface area contributed by atoms with Crippen LogP contribution in [0.1, 0.15) is 11.8 Å². The zero-order chi connectivity index (χ0) is 14.7. The van der Waals surface area contributed by atoms with Crippen LogP contribution in [0.5, 0.6) is 0 Å². The molecule has 110 valence electrons. The van der Waals surface area contributed by atoms with E-state index in [1.807, 2.05) is 19.1 Å². The molecule has 0 aliphatic carbocycles. The quantitative estimate of drug-likeness (QED) is 0.883. The van der Waals surface area contributed by atoms with Crippen LogP contribution >= 0.6 is 46.5 Å². The fourth-order valence-corrected chi connectivity index (χ4v) is 5.23. The van der Waals surface area contributed by atoms with Crippen LogP contribution in [-0.2, 0) is 15.3 Å². The molecule has 1 N–H and O–H groups in total. The highest BCUT2D eigenvalue weighted by Gasteiger charge is 2.39. The first-order valence-corrected chi connectivity index (χ1v) is 9.36. The van der Waals surface area contributed by atoms with Gasteiger partial charge in [-0.05, 0) is 19.1 Å². The summed E-state index contributed by atoms with van der Waals surface area (Å²) in [5, 5.41) is 9.06. The number of hydrogen-bond acceptors (Lipinski definition) is 5. The molecular weight excluding hydrogens is 338 g/mol. The molecule has 2 rings (SSSR count). The average Bonchev–Trinajstić information content (AvgIpc) is 2.95. The number of carbonyl (C=O) groups excluding carboxylic acids is 1. The minimum atomic E-state index is -0.926. The van der Waals surface area contributed by atoms with Gasteiger partial charge in [-0.2, -0.15) is 0 Å². The number of halogens is 1. The molecular formula is C12H14ClNO3S3. The second kappa shape index (κ2) is 7.06. The van der Waals surface area contributed by atoms with Gasteiger partial charge < -0.3 is 10.0 Å². The molecule has 2 unspecified atom stereocenters. The van der Waals surface area contributed by atoms with Gasteiger partial charge in [0.15, 0.2) is 0 Å². The molecule has 0 aromatic carbocycles. The summed E-state index contributed by atoms with van der Waals surface area (Å²) in [5.74, 6) is 0.446. The maximum atomic E-state index is 12.2. The molecule has 2 atom stereocenters. The molecule has 4 nitrogen and oxygen atoms in total. The molecule has 0 bridgehead atoms. The number of carboxylic acids is 1. The van der Waals surface area contributed by atoms with E-state index in [4.69, 9.17) is 16.7 Å². The Morgan fingerprint density at radius 2 is 2.30 bits per heavy atom. The Labute approximate surface area is 134 Å². The normalized spacial score (nSPS) is 22.2. The van der Waals surface area contributed by atoms with E-state index in [2.05, 4.69) is 0 Å². The lowest BCUT2D eigenvalue weighted by molar-refractivity contribution is -0.147. The van der Waals surface area contributed by atoms with Crippen molar-refractivity contribution in [3.05, 3.63) is 21.3 Å². The van der Waals surface area contributed by atoms with Crippen molar-refractivity contribution in [3.8, 4) is 0 Å². The average molecular weight is 352 g/mol. The summed E-state index contributed by atoms with van der Waals surface area (Å²) in [4.78, 5) is 25.9. The minimum absolute atomic E-state index is 0.0691.